The summed E-state index contributed by atoms with van der Waals surface area (Å²) in [6.07, 6.45) is 3.99. The molecular weight excluding hydrogens is 322 g/mol. The van der Waals surface area contributed by atoms with Crippen LogP contribution < -0.4 is 10.1 Å². The van der Waals surface area contributed by atoms with Crippen LogP contribution >= 0.6 is 0 Å². The van der Waals surface area contributed by atoms with Gasteiger partial charge in [-0.3, -0.25) is 4.79 Å². The van der Waals surface area contributed by atoms with E-state index in [-0.39, 0.29) is 5.91 Å². The maximum Gasteiger partial charge on any atom is 0.329 e. The molecule has 0 bridgehead atoms. The van der Waals surface area contributed by atoms with E-state index in [4.69, 9.17) is 9.47 Å². The first-order valence-corrected chi connectivity index (χ1v) is 8.81. The molecule has 2 fully saturated rings. The Morgan fingerprint density at radius 2 is 1.68 bits per heavy atom. The summed E-state index contributed by atoms with van der Waals surface area (Å²) in [5.41, 5.74) is -0.958. The first-order valence-electron chi connectivity index (χ1n) is 8.81. The third kappa shape index (κ3) is 3.23. The molecule has 1 aliphatic carbocycles. The molecule has 25 heavy (non-hydrogen) atoms. The zero-order chi connectivity index (χ0) is 17.9. The summed E-state index contributed by atoms with van der Waals surface area (Å²) in [5.74, 6) is -0.421. The Bertz CT molecular complexity index is 628. The minimum absolute atomic E-state index is 0.181. The highest BCUT2D eigenvalue weighted by atomic mass is 16.5. The van der Waals surface area contributed by atoms with Crippen molar-refractivity contribution in [3.05, 3.63) is 29.8 Å². The van der Waals surface area contributed by atoms with E-state index in [0.29, 0.717) is 26.1 Å². The fraction of sp³-hybridized carbons (Fsp3) is 0.579. The van der Waals surface area contributed by atoms with Gasteiger partial charge in [0.1, 0.15) is 11.3 Å². The number of rotatable bonds is 5. The lowest BCUT2D eigenvalue weighted by atomic mass is 9.76. The van der Waals surface area contributed by atoms with E-state index in [1.165, 1.54) is 0 Å². The SMILES string of the molecule is COc1ccc(C2(C(=O)NC3(C(=O)O)CCOCC3)CCCC2)cc1. The topological polar surface area (TPSA) is 84.9 Å². The molecule has 1 saturated heterocycles. The van der Waals surface area contributed by atoms with Gasteiger partial charge in [0.15, 0.2) is 0 Å². The van der Waals surface area contributed by atoms with Gasteiger partial charge >= 0.3 is 5.97 Å². The van der Waals surface area contributed by atoms with E-state index in [2.05, 4.69) is 5.32 Å². The van der Waals surface area contributed by atoms with Gasteiger partial charge in [-0.15, -0.1) is 0 Å². The number of amides is 1. The molecule has 1 amide bonds. The van der Waals surface area contributed by atoms with E-state index >= 15 is 0 Å². The maximum atomic E-state index is 13.3. The van der Waals surface area contributed by atoms with Crippen LogP contribution in [0.25, 0.3) is 0 Å². The smallest absolute Gasteiger partial charge is 0.329 e. The number of methoxy groups -OCH3 is 1. The van der Waals surface area contributed by atoms with Gasteiger partial charge in [-0.05, 0) is 30.5 Å². The normalized spacial score (nSPS) is 21.5. The number of aliphatic carboxylic acids is 1. The monoisotopic (exact) mass is 347 g/mol. The van der Waals surface area contributed by atoms with E-state index < -0.39 is 16.9 Å². The Hall–Kier alpha value is -2.08. The number of benzene rings is 1. The molecule has 1 heterocycles. The quantitative estimate of drug-likeness (QED) is 0.853. The Balaban J connectivity index is 1.88. The summed E-state index contributed by atoms with van der Waals surface area (Å²) in [5, 5.41) is 12.6. The van der Waals surface area contributed by atoms with Crippen LogP contribution in [0, 0.1) is 0 Å². The second-order valence-electron chi connectivity index (χ2n) is 6.97. The average molecular weight is 347 g/mol. The predicted molar refractivity (Wildman–Crippen MR) is 91.7 cm³/mol. The molecule has 1 aromatic carbocycles. The molecule has 1 aromatic rings. The number of hydrogen-bond donors (Lipinski definition) is 2. The summed E-state index contributed by atoms with van der Waals surface area (Å²) in [4.78, 5) is 25.1. The van der Waals surface area contributed by atoms with Crippen LogP contribution in [-0.4, -0.2) is 42.8 Å². The Morgan fingerprint density at radius 3 is 2.20 bits per heavy atom. The lowest BCUT2D eigenvalue weighted by molar-refractivity contribution is -0.153. The van der Waals surface area contributed by atoms with Crippen LogP contribution in [0.1, 0.15) is 44.1 Å². The highest BCUT2D eigenvalue weighted by molar-refractivity contribution is 5.93. The number of hydrogen-bond acceptors (Lipinski definition) is 4. The highest BCUT2D eigenvalue weighted by Crippen LogP contribution is 2.42. The van der Waals surface area contributed by atoms with Crippen LogP contribution in [0.5, 0.6) is 5.75 Å². The minimum Gasteiger partial charge on any atom is -0.497 e. The highest BCUT2D eigenvalue weighted by Gasteiger charge is 2.48. The molecule has 2 aliphatic rings. The third-order valence-electron chi connectivity index (χ3n) is 5.64. The molecule has 0 spiro atoms. The lowest BCUT2D eigenvalue weighted by Crippen LogP contribution is -2.61. The Labute approximate surface area is 147 Å². The standard InChI is InChI=1S/C19H25NO5/c1-24-15-6-4-14(5-7-15)18(8-2-3-9-18)16(21)20-19(17(22)23)10-12-25-13-11-19/h4-7H,2-3,8-13H2,1H3,(H,20,21)(H,22,23). The second-order valence-corrected chi connectivity index (χ2v) is 6.97. The third-order valence-corrected chi connectivity index (χ3v) is 5.64. The fourth-order valence-corrected chi connectivity index (χ4v) is 3.98. The predicted octanol–water partition coefficient (Wildman–Crippen LogP) is 2.26. The molecular formula is C19H25NO5. The summed E-state index contributed by atoms with van der Waals surface area (Å²) in [6.45, 7) is 0.699. The van der Waals surface area contributed by atoms with Crippen LogP contribution in [0.15, 0.2) is 24.3 Å². The summed E-state index contributed by atoms with van der Waals surface area (Å²) < 4.78 is 10.5. The number of nitrogens with one attached hydrogen (secondary N) is 1. The van der Waals surface area contributed by atoms with Gasteiger partial charge < -0.3 is 19.9 Å². The molecule has 0 atom stereocenters. The number of carbonyl (C=O) groups is 2. The summed E-state index contributed by atoms with van der Waals surface area (Å²) >= 11 is 0. The van der Waals surface area contributed by atoms with Crippen LogP contribution in [-0.2, 0) is 19.7 Å². The molecule has 1 aliphatic heterocycles. The molecule has 0 unspecified atom stereocenters. The number of carboxylic acid groups (broad SMARTS) is 1. The van der Waals surface area contributed by atoms with E-state index in [9.17, 15) is 14.7 Å². The zero-order valence-electron chi connectivity index (χ0n) is 14.5. The largest absolute Gasteiger partial charge is 0.497 e. The molecule has 6 heteroatoms. The average Bonchev–Trinajstić information content (AvgIpc) is 3.13. The van der Waals surface area contributed by atoms with Gasteiger partial charge in [-0.1, -0.05) is 25.0 Å². The van der Waals surface area contributed by atoms with Gasteiger partial charge in [0.25, 0.3) is 0 Å². The molecule has 6 nitrogen and oxygen atoms in total. The van der Waals surface area contributed by atoms with Crippen LogP contribution in [0.3, 0.4) is 0 Å². The van der Waals surface area contributed by atoms with E-state index in [1.54, 1.807) is 7.11 Å². The summed E-state index contributed by atoms with van der Waals surface area (Å²) in [7, 11) is 1.61. The van der Waals surface area contributed by atoms with Crippen molar-refractivity contribution in [2.24, 2.45) is 0 Å². The van der Waals surface area contributed by atoms with Crippen molar-refractivity contribution in [2.45, 2.75) is 49.5 Å². The molecule has 0 radical (unpaired) electrons. The molecule has 3 rings (SSSR count). The van der Waals surface area contributed by atoms with Crippen molar-refractivity contribution in [3.63, 3.8) is 0 Å². The molecule has 1 saturated carbocycles. The van der Waals surface area contributed by atoms with Crippen molar-refractivity contribution in [3.8, 4) is 5.75 Å². The van der Waals surface area contributed by atoms with Crippen molar-refractivity contribution < 1.29 is 24.2 Å². The van der Waals surface area contributed by atoms with E-state index in [0.717, 1.165) is 37.0 Å². The lowest BCUT2D eigenvalue weighted by Gasteiger charge is -2.38. The Kier molecular flexibility index (Phi) is 4.99. The van der Waals surface area contributed by atoms with Crippen molar-refractivity contribution in [2.75, 3.05) is 20.3 Å². The zero-order valence-corrected chi connectivity index (χ0v) is 14.5. The molecule has 0 aromatic heterocycles. The first-order chi connectivity index (χ1) is 12.0. The van der Waals surface area contributed by atoms with Gasteiger partial charge in [0.2, 0.25) is 5.91 Å². The van der Waals surface area contributed by atoms with Crippen LogP contribution in [0.4, 0.5) is 0 Å². The van der Waals surface area contributed by atoms with Gasteiger partial charge in [-0.2, -0.15) is 0 Å². The number of carbonyl (C=O) groups excluding carboxylic acids is 1. The van der Waals surface area contributed by atoms with E-state index in [1.807, 2.05) is 24.3 Å². The van der Waals surface area contributed by atoms with Gasteiger partial charge in [0.05, 0.1) is 12.5 Å². The Morgan fingerprint density at radius 1 is 1.08 bits per heavy atom. The van der Waals surface area contributed by atoms with Gasteiger partial charge in [0, 0.05) is 26.1 Å². The maximum absolute atomic E-state index is 13.3. The second kappa shape index (κ2) is 7.04. The molecule has 2 N–H and O–H groups in total. The van der Waals surface area contributed by atoms with Crippen molar-refractivity contribution in [1.82, 2.24) is 5.32 Å². The van der Waals surface area contributed by atoms with Crippen molar-refractivity contribution in [1.29, 1.82) is 0 Å². The first kappa shape index (κ1) is 17.7. The molecule has 136 valence electrons. The number of ether oxygens (including phenoxy) is 2. The van der Waals surface area contributed by atoms with Crippen LogP contribution in [0.2, 0.25) is 0 Å². The number of carboxylic acids is 1. The fourth-order valence-electron chi connectivity index (χ4n) is 3.98. The minimum atomic E-state index is -1.22. The van der Waals surface area contributed by atoms with Crippen molar-refractivity contribution >= 4 is 11.9 Å². The summed E-state index contributed by atoms with van der Waals surface area (Å²) in [6, 6.07) is 7.54. The van der Waals surface area contributed by atoms with Gasteiger partial charge in [-0.25, -0.2) is 4.79 Å².